The van der Waals surface area contributed by atoms with Gasteiger partial charge in [-0.3, -0.25) is 0 Å². The zero-order valence-corrected chi connectivity index (χ0v) is 25.9. The van der Waals surface area contributed by atoms with Gasteiger partial charge in [-0.1, -0.05) is 96.1 Å². The first kappa shape index (κ1) is 35.9. The summed E-state index contributed by atoms with van der Waals surface area (Å²) in [6, 6.07) is 15.9. The number of rotatable bonds is 6. The van der Waals surface area contributed by atoms with Crippen LogP contribution < -0.4 is 0 Å². The molecule has 0 radical (unpaired) electrons. The van der Waals surface area contributed by atoms with Gasteiger partial charge in [0, 0.05) is 31.5 Å². The number of aliphatic hydroxyl groups excluding tert-OH is 3. The molecule has 3 aromatic carbocycles. The molecule has 5 nitrogen and oxygen atoms in total. The van der Waals surface area contributed by atoms with Gasteiger partial charge in [0.15, 0.2) is 6.29 Å². The van der Waals surface area contributed by atoms with E-state index in [4.69, 9.17) is 77.7 Å². The van der Waals surface area contributed by atoms with Crippen molar-refractivity contribution in [3.63, 3.8) is 0 Å². The number of hydrogen-bond acceptors (Lipinski definition) is 5. The Hall–Kier alpha value is -1.09. The van der Waals surface area contributed by atoms with E-state index in [9.17, 15) is 5.11 Å². The number of aliphatic hydroxyl groups is 3. The molecule has 0 bridgehead atoms. The average Bonchev–Trinajstić information content (AvgIpc) is 3.32. The number of aryl methyl sites for hydroxylation is 1. The van der Waals surface area contributed by atoms with Crippen LogP contribution in [-0.2, 0) is 29.3 Å². The molecule has 1 saturated heterocycles. The van der Waals surface area contributed by atoms with Crippen LogP contribution in [-0.4, -0.2) is 34.3 Å². The van der Waals surface area contributed by atoms with Crippen molar-refractivity contribution in [2.75, 3.05) is 6.61 Å². The minimum Gasteiger partial charge on any atom is -0.392 e. The van der Waals surface area contributed by atoms with Gasteiger partial charge in [-0.15, -0.1) is 0 Å². The maximum absolute atomic E-state index is 9.18. The Morgan fingerprint density at radius 2 is 1.23 bits per heavy atom. The fraction of sp³-hybridized carbons (Fsp3) is 0.379. The van der Waals surface area contributed by atoms with Gasteiger partial charge in [-0.05, 0) is 65.9 Å². The van der Waals surface area contributed by atoms with E-state index < -0.39 is 6.29 Å². The minimum atomic E-state index is -0.636. The van der Waals surface area contributed by atoms with Gasteiger partial charge < -0.3 is 24.8 Å². The van der Waals surface area contributed by atoms with Crippen molar-refractivity contribution in [3.8, 4) is 0 Å². The van der Waals surface area contributed by atoms with Crippen molar-refractivity contribution < 1.29 is 24.8 Å². The van der Waals surface area contributed by atoms with Crippen LogP contribution in [0.25, 0.3) is 0 Å². The van der Waals surface area contributed by atoms with Gasteiger partial charge in [-0.2, -0.15) is 0 Å². The molecule has 0 spiro atoms. The Morgan fingerprint density at radius 3 is 1.67 bits per heavy atom. The average molecular weight is 641 g/mol. The summed E-state index contributed by atoms with van der Waals surface area (Å²) in [4.78, 5) is 0. The van der Waals surface area contributed by atoms with Gasteiger partial charge in [0.25, 0.3) is 0 Å². The predicted molar refractivity (Wildman–Crippen MR) is 162 cm³/mol. The standard InChI is InChI=1S/C12H14Cl2O3.C8H9ClO.C7H6Cl2O.C2H6/c13-9-2-1-8(11(14)5-9)6-16-7-10-3-4-12(15)17-10;1-6-2-3-7(5-10)8(9)4-6;8-6-2-1-5(4-10)7(9)3-6;1-2/h1-2,5,10,12,15H,3-4,6-7H2;2-4,10H,5H2,1H3;1-3,10H,4H2;1-2H3. The summed E-state index contributed by atoms with van der Waals surface area (Å²) in [6.07, 6.45) is 0.851. The molecule has 3 N–H and O–H groups in total. The van der Waals surface area contributed by atoms with E-state index in [1.165, 1.54) is 0 Å². The number of benzene rings is 3. The van der Waals surface area contributed by atoms with Crippen LogP contribution in [0, 0.1) is 6.92 Å². The van der Waals surface area contributed by atoms with E-state index in [2.05, 4.69) is 0 Å². The lowest BCUT2D eigenvalue weighted by Gasteiger charge is -2.11. The molecular formula is C29H35Cl5O5. The Bertz CT molecular complexity index is 1080. The fourth-order valence-corrected chi connectivity index (χ4v) is 4.41. The van der Waals surface area contributed by atoms with Gasteiger partial charge in [-0.25, -0.2) is 0 Å². The summed E-state index contributed by atoms with van der Waals surface area (Å²) >= 11 is 28.9. The van der Waals surface area contributed by atoms with Crippen molar-refractivity contribution in [1.82, 2.24) is 0 Å². The monoisotopic (exact) mass is 638 g/mol. The fourth-order valence-electron chi connectivity index (χ4n) is 3.18. The summed E-state index contributed by atoms with van der Waals surface area (Å²) in [5.41, 5.74) is 3.50. The van der Waals surface area contributed by atoms with Crippen LogP contribution in [0.15, 0.2) is 54.6 Å². The molecule has 1 heterocycles. The summed E-state index contributed by atoms with van der Waals surface area (Å²) < 4.78 is 10.7. The van der Waals surface area contributed by atoms with E-state index in [0.717, 1.165) is 23.1 Å². The summed E-state index contributed by atoms with van der Waals surface area (Å²) in [5.74, 6) is 0. The van der Waals surface area contributed by atoms with Crippen LogP contribution >= 0.6 is 58.0 Å². The first-order valence-electron chi connectivity index (χ1n) is 12.4. The summed E-state index contributed by atoms with van der Waals surface area (Å²) in [5, 5.41) is 29.5. The lowest BCUT2D eigenvalue weighted by atomic mass is 10.2. The minimum absolute atomic E-state index is 0.0130. The zero-order chi connectivity index (χ0) is 29.4. The Balaban J connectivity index is 0.000000299. The third kappa shape index (κ3) is 13.9. The van der Waals surface area contributed by atoms with Gasteiger partial charge in [0.05, 0.1) is 32.5 Å². The van der Waals surface area contributed by atoms with Crippen molar-refractivity contribution in [2.45, 2.75) is 65.8 Å². The highest BCUT2D eigenvalue weighted by Crippen LogP contribution is 2.23. The molecule has 0 amide bonds. The van der Waals surface area contributed by atoms with Crippen LogP contribution in [0.2, 0.25) is 25.1 Å². The van der Waals surface area contributed by atoms with Crippen molar-refractivity contribution >= 4 is 58.0 Å². The van der Waals surface area contributed by atoms with Crippen molar-refractivity contribution in [3.05, 3.63) is 102 Å². The van der Waals surface area contributed by atoms with Gasteiger partial charge in [0.1, 0.15) is 0 Å². The first-order valence-corrected chi connectivity index (χ1v) is 14.3. The van der Waals surface area contributed by atoms with Crippen LogP contribution in [0.3, 0.4) is 0 Å². The Morgan fingerprint density at radius 1 is 0.744 bits per heavy atom. The molecule has 1 aliphatic rings. The SMILES string of the molecule is CC.Cc1ccc(CO)c(Cl)c1.OC1CCC(COCc2ccc(Cl)cc2Cl)O1.OCc1ccc(Cl)cc1Cl. The summed E-state index contributed by atoms with van der Waals surface area (Å²) in [7, 11) is 0. The highest BCUT2D eigenvalue weighted by atomic mass is 35.5. The lowest BCUT2D eigenvalue weighted by molar-refractivity contribution is -0.109. The molecule has 1 fully saturated rings. The number of hydrogen-bond donors (Lipinski definition) is 3. The van der Waals surface area contributed by atoms with E-state index in [1.54, 1.807) is 30.3 Å². The molecule has 39 heavy (non-hydrogen) atoms. The molecule has 0 aromatic heterocycles. The van der Waals surface area contributed by atoms with Crippen molar-refractivity contribution in [1.29, 1.82) is 0 Å². The molecule has 2 atom stereocenters. The van der Waals surface area contributed by atoms with Crippen LogP contribution in [0.4, 0.5) is 0 Å². The molecule has 4 rings (SSSR count). The normalized spacial score (nSPS) is 15.8. The van der Waals surface area contributed by atoms with E-state index in [-0.39, 0.29) is 19.3 Å². The smallest absolute Gasteiger partial charge is 0.155 e. The molecule has 216 valence electrons. The second-order valence-electron chi connectivity index (χ2n) is 8.19. The van der Waals surface area contributed by atoms with Crippen molar-refractivity contribution in [2.24, 2.45) is 0 Å². The molecule has 0 saturated carbocycles. The lowest BCUT2D eigenvalue weighted by Crippen LogP contribution is -2.16. The quantitative estimate of drug-likeness (QED) is 0.251. The van der Waals surface area contributed by atoms with Gasteiger partial charge >= 0.3 is 0 Å². The number of halogens is 5. The highest BCUT2D eigenvalue weighted by molar-refractivity contribution is 6.35. The summed E-state index contributed by atoms with van der Waals surface area (Å²) in [6.45, 7) is 6.82. The highest BCUT2D eigenvalue weighted by Gasteiger charge is 2.23. The second kappa shape index (κ2) is 19.9. The molecule has 1 aliphatic heterocycles. The maximum Gasteiger partial charge on any atom is 0.155 e. The van der Waals surface area contributed by atoms with Crippen LogP contribution in [0.5, 0.6) is 0 Å². The number of ether oxygens (including phenoxy) is 2. The molecule has 3 aromatic rings. The predicted octanol–water partition coefficient (Wildman–Crippen LogP) is 8.66. The van der Waals surface area contributed by atoms with Crippen LogP contribution in [0.1, 0.15) is 48.9 Å². The Kier molecular flexibility index (Phi) is 18.3. The third-order valence-corrected chi connectivity index (χ3v) is 6.75. The van der Waals surface area contributed by atoms with E-state index in [1.807, 2.05) is 45.0 Å². The molecule has 0 aliphatic carbocycles. The van der Waals surface area contributed by atoms with Gasteiger partial charge in [0.2, 0.25) is 0 Å². The topological polar surface area (TPSA) is 79.2 Å². The van der Waals surface area contributed by atoms with E-state index in [0.29, 0.717) is 50.3 Å². The molecular weight excluding hydrogens is 606 g/mol. The largest absolute Gasteiger partial charge is 0.392 e. The zero-order valence-electron chi connectivity index (χ0n) is 22.1. The van der Waals surface area contributed by atoms with E-state index >= 15 is 0 Å². The molecule has 10 heteroatoms. The third-order valence-electron chi connectivity index (χ3n) is 5.23. The second-order valence-corrected chi connectivity index (χ2v) is 10.3. The molecule has 2 unspecified atom stereocenters. The Labute approximate surface area is 256 Å². The first-order chi connectivity index (χ1) is 18.6. The maximum atomic E-state index is 9.18.